The maximum atomic E-state index is 12.6. The number of carbonyl (C=O) groups is 1. The maximum absolute atomic E-state index is 12.6. The number of nitrogens with one attached hydrogen (secondary N) is 2. The van der Waals surface area contributed by atoms with Gasteiger partial charge in [-0.3, -0.25) is 4.79 Å². The SMILES string of the molecule is CC(=O)C=C(C)O.Cc1[c-]c(-c2nccc3ccccc23)cc(C)c1.Cc1[c-]c(-c2nccc3ccccc23)cc(C)c1.[Be+2].[Ir].[O-]c1c(-c2[nH+]c3ccccc3s2)ccc2ccccc12.[O-]c1c(-c2[nH+]c3ccccc3s2)ccc2ccccc12. The Morgan fingerprint density at radius 1 is 0.482 bits per heavy atom. The Balaban J connectivity index is 0.000000141. The molecule has 0 atom stereocenters. The van der Waals surface area contributed by atoms with E-state index in [0.717, 1.165) is 96.8 Å². The van der Waals surface area contributed by atoms with Gasteiger partial charge < -0.3 is 25.3 Å². The quantitative estimate of drug-likeness (QED) is 0.0788. The summed E-state index contributed by atoms with van der Waals surface area (Å²) < 4.78 is 2.32. The van der Waals surface area contributed by atoms with Crippen LogP contribution in [0.3, 0.4) is 0 Å². The number of aromatic amines is 2. The van der Waals surface area contributed by atoms with Crippen LogP contribution in [0.4, 0.5) is 0 Å². The summed E-state index contributed by atoms with van der Waals surface area (Å²) in [6, 6.07) is 75.5. The number of pyridine rings is 2. The first kappa shape index (κ1) is 62.0. The van der Waals surface area contributed by atoms with E-state index in [4.69, 9.17) is 5.11 Å². The molecule has 3 N–H and O–H groups in total. The molecule has 4 heterocycles. The van der Waals surface area contributed by atoms with Gasteiger partial charge in [0.1, 0.15) is 9.40 Å². The van der Waals surface area contributed by atoms with Crippen LogP contribution < -0.4 is 20.2 Å². The monoisotopic (exact) mass is 1320 g/mol. The molecule has 0 spiro atoms. The molecule has 12 heteroatoms. The van der Waals surface area contributed by atoms with Crippen molar-refractivity contribution < 1.29 is 50.2 Å². The number of thiazole rings is 2. The summed E-state index contributed by atoms with van der Waals surface area (Å²) in [4.78, 5) is 25.7. The van der Waals surface area contributed by atoms with E-state index >= 15 is 0 Å². The van der Waals surface area contributed by atoms with Gasteiger partial charge in [-0.1, -0.05) is 195 Å². The molecule has 14 aromatic rings. The van der Waals surface area contributed by atoms with Crippen molar-refractivity contribution in [3.05, 3.63) is 265 Å². The third-order valence-electron chi connectivity index (χ3n) is 13.5. The molecule has 85 heavy (non-hydrogen) atoms. The second kappa shape index (κ2) is 28.5. The van der Waals surface area contributed by atoms with Crippen LogP contribution >= 0.6 is 22.7 Å². The molecular weight excluding hydrogens is 1260 g/mol. The number of hydrogen-bond donors (Lipinski definition) is 1. The van der Waals surface area contributed by atoms with E-state index in [-0.39, 0.29) is 53.3 Å². The number of aryl methyl sites for hydroxylation is 4. The van der Waals surface area contributed by atoms with Gasteiger partial charge in [-0.25, -0.2) is 0 Å². The van der Waals surface area contributed by atoms with E-state index in [9.17, 15) is 15.0 Å². The van der Waals surface area contributed by atoms with Gasteiger partial charge in [0.2, 0.25) is 11.0 Å². The van der Waals surface area contributed by atoms with E-state index in [1.807, 2.05) is 134 Å². The van der Waals surface area contributed by atoms with Crippen LogP contribution in [0.1, 0.15) is 36.1 Å². The topological polar surface area (TPSA) is 137 Å². The minimum absolute atomic E-state index is 0. The maximum Gasteiger partial charge on any atom is 2.00 e. The number of aliphatic hydroxyl groups is 1. The largest absolute Gasteiger partial charge is 2.00 e. The third kappa shape index (κ3) is 15.0. The third-order valence-corrected chi connectivity index (χ3v) is 15.7. The van der Waals surface area contributed by atoms with E-state index in [2.05, 4.69) is 145 Å². The second-order valence-corrected chi connectivity index (χ2v) is 22.2. The van der Waals surface area contributed by atoms with Crippen molar-refractivity contribution in [1.29, 1.82) is 0 Å². The molecule has 0 fully saturated rings. The van der Waals surface area contributed by atoms with Gasteiger partial charge in [0, 0.05) is 50.7 Å². The molecule has 10 aromatic carbocycles. The van der Waals surface area contributed by atoms with E-state index < -0.39 is 0 Å². The molecule has 0 unspecified atom stereocenters. The average molecular weight is 1320 g/mol. The molecule has 0 aliphatic carbocycles. The van der Waals surface area contributed by atoms with Crippen molar-refractivity contribution >= 4 is 102 Å². The van der Waals surface area contributed by atoms with E-state index in [1.165, 1.54) is 52.6 Å². The number of H-pyrrole nitrogens is 2. The number of fused-ring (bicyclic) bond motifs is 6. The fourth-order valence-corrected chi connectivity index (χ4v) is 12.0. The number of aliphatic hydroxyl groups excluding tert-OH is 1. The number of hydrogen-bond acceptors (Lipinski definition) is 8. The predicted molar refractivity (Wildman–Crippen MR) is 345 cm³/mol. The summed E-state index contributed by atoms with van der Waals surface area (Å²) in [7, 11) is 0. The van der Waals surface area contributed by atoms with Gasteiger partial charge in [0.05, 0.1) is 16.9 Å². The van der Waals surface area contributed by atoms with Crippen molar-refractivity contribution in [3.63, 3.8) is 0 Å². The first-order valence-corrected chi connectivity index (χ1v) is 28.7. The summed E-state index contributed by atoms with van der Waals surface area (Å²) in [5, 5.41) is 43.7. The van der Waals surface area contributed by atoms with Crippen molar-refractivity contribution in [2.75, 3.05) is 0 Å². The first-order valence-electron chi connectivity index (χ1n) is 27.0. The van der Waals surface area contributed by atoms with Crippen molar-refractivity contribution in [2.24, 2.45) is 0 Å². The Bertz CT molecular complexity index is 4290. The molecule has 0 aliphatic heterocycles. The summed E-state index contributed by atoms with van der Waals surface area (Å²) in [6.07, 6.45) is 4.90. The zero-order valence-electron chi connectivity index (χ0n) is 47.8. The summed E-state index contributed by atoms with van der Waals surface area (Å²) in [5.41, 5.74) is 12.6. The fourth-order valence-electron chi connectivity index (χ4n) is 9.93. The summed E-state index contributed by atoms with van der Waals surface area (Å²) in [5.74, 6) is 0.115. The molecular formula is C73H58BeIrN4O4S2. The number of benzene rings is 10. The standard InChI is InChI=1S/2C17H11NOS.2C17H14N.C5H8O2.Be.Ir/c2*19-16-12-6-2-1-5-11(12)9-10-13(16)17-18-14-7-3-4-8-15(14)20-17;2*1-12-9-13(2)11-15(10-12)17-16-6-4-3-5-14(16)7-8-18-17;1-4(6)3-5(2)7;;/h2*1-10,19H;2*3-10H,1-2H3;3,6H,1-2H3;;/q;;2*-1;;+2;. The molecule has 8 nitrogen and oxygen atoms in total. The summed E-state index contributed by atoms with van der Waals surface area (Å²) in [6.45, 7) is 11.2. The minimum atomic E-state index is -0.125. The Labute approximate surface area is 520 Å². The van der Waals surface area contributed by atoms with Crippen molar-refractivity contribution in [2.45, 2.75) is 41.5 Å². The second-order valence-electron chi connectivity index (χ2n) is 20.1. The molecule has 0 saturated carbocycles. The molecule has 0 saturated heterocycles. The van der Waals surface area contributed by atoms with Crippen LogP contribution in [0.25, 0.3) is 107 Å². The molecule has 0 bridgehead atoms. The van der Waals surface area contributed by atoms with Crippen LogP contribution in [0, 0.1) is 39.8 Å². The minimum Gasteiger partial charge on any atom is -0.871 e. The van der Waals surface area contributed by atoms with E-state index in [1.54, 1.807) is 22.7 Å². The van der Waals surface area contributed by atoms with E-state index in [0.29, 0.717) is 0 Å². The number of nitrogens with zero attached hydrogens (tertiary/aromatic N) is 2. The smallest absolute Gasteiger partial charge is 0.871 e. The molecule has 1 radical (unpaired) electrons. The molecule has 0 aliphatic rings. The number of carbonyl (C=O) groups excluding carboxylic acids is 1. The molecule has 4 aromatic heterocycles. The van der Waals surface area contributed by atoms with Crippen LogP contribution in [0.15, 0.2) is 230 Å². The van der Waals surface area contributed by atoms with Crippen molar-refractivity contribution in [1.82, 2.24) is 9.97 Å². The predicted octanol–water partition coefficient (Wildman–Crippen LogP) is 16.5. The van der Waals surface area contributed by atoms with Gasteiger partial charge in [-0.05, 0) is 105 Å². The van der Waals surface area contributed by atoms with Gasteiger partial charge >= 0.3 is 10.1 Å². The normalized spacial score (nSPS) is 10.8. The molecule has 14 rings (SSSR count). The summed E-state index contributed by atoms with van der Waals surface area (Å²) >= 11 is 3.24. The van der Waals surface area contributed by atoms with Gasteiger partial charge in [-0.15, -0.1) is 69.8 Å². The van der Waals surface area contributed by atoms with Gasteiger partial charge in [0.15, 0.2) is 5.78 Å². The van der Waals surface area contributed by atoms with Crippen LogP contribution in [-0.2, 0) is 24.9 Å². The van der Waals surface area contributed by atoms with Gasteiger partial charge in [0.25, 0.3) is 10.0 Å². The molecule has 417 valence electrons. The zero-order valence-corrected chi connectivity index (χ0v) is 51.8. The van der Waals surface area contributed by atoms with Crippen molar-refractivity contribution in [3.8, 4) is 55.2 Å². The number of para-hydroxylation sites is 2. The Kier molecular flexibility index (Phi) is 20.8. The van der Waals surface area contributed by atoms with Crippen LogP contribution in [-0.4, -0.2) is 31.0 Å². The Hall–Kier alpha value is -9.05. The van der Waals surface area contributed by atoms with Crippen LogP contribution in [0.2, 0.25) is 0 Å². The number of rotatable bonds is 5. The number of ketones is 1. The average Bonchev–Trinajstić information content (AvgIpc) is 2.93. The molecule has 0 amide bonds. The first-order chi connectivity index (χ1) is 40.3. The fraction of sp³-hybridized carbons (Fsp3) is 0.0822. The number of aromatic nitrogens is 4. The van der Waals surface area contributed by atoms with Crippen LogP contribution in [0.5, 0.6) is 11.5 Å². The zero-order chi connectivity index (χ0) is 58.0. The Morgan fingerprint density at radius 2 is 0.835 bits per heavy atom. The van der Waals surface area contributed by atoms with Gasteiger partial charge in [-0.2, -0.15) is 9.97 Å². The Morgan fingerprint density at radius 3 is 1.19 bits per heavy atom. The number of allylic oxidation sites excluding steroid dienone is 2.